The van der Waals surface area contributed by atoms with Crippen molar-refractivity contribution < 1.29 is 8.42 Å². The lowest BCUT2D eigenvalue weighted by atomic mass is 9.92. The van der Waals surface area contributed by atoms with Crippen LogP contribution in [0.2, 0.25) is 0 Å². The highest BCUT2D eigenvalue weighted by Crippen LogP contribution is 2.31. The van der Waals surface area contributed by atoms with Crippen LogP contribution in [-0.4, -0.2) is 58.6 Å². The van der Waals surface area contributed by atoms with E-state index in [4.69, 9.17) is 5.14 Å². The van der Waals surface area contributed by atoms with Crippen LogP contribution in [0.4, 0.5) is 17.1 Å². The number of anilines is 3. The van der Waals surface area contributed by atoms with E-state index >= 15 is 0 Å². The van der Waals surface area contributed by atoms with Gasteiger partial charge in [0.15, 0.2) is 0 Å². The van der Waals surface area contributed by atoms with Gasteiger partial charge in [-0.2, -0.15) is 5.26 Å². The molecule has 2 aliphatic heterocycles. The molecule has 9 heteroatoms. The van der Waals surface area contributed by atoms with Gasteiger partial charge in [-0.15, -0.1) is 0 Å². The summed E-state index contributed by atoms with van der Waals surface area (Å²) >= 11 is 0. The molecule has 0 aliphatic carbocycles. The minimum atomic E-state index is -3.77. The molecule has 0 saturated carbocycles. The lowest BCUT2D eigenvalue weighted by Gasteiger charge is -2.39. The van der Waals surface area contributed by atoms with Crippen molar-refractivity contribution in [1.29, 1.82) is 5.26 Å². The molecule has 5 rings (SSSR count). The van der Waals surface area contributed by atoms with Crippen molar-refractivity contribution in [3.05, 3.63) is 82.9 Å². The fourth-order valence-electron chi connectivity index (χ4n) is 6.19. The molecule has 2 aliphatic rings. The first-order valence-corrected chi connectivity index (χ1v) is 15.9. The van der Waals surface area contributed by atoms with Crippen LogP contribution in [0.15, 0.2) is 65.6 Å². The number of primary sulfonamides is 1. The van der Waals surface area contributed by atoms with E-state index in [1.54, 1.807) is 12.1 Å². The molecule has 0 spiro atoms. The van der Waals surface area contributed by atoms with Gasteiger partial charge in [-0.25, -0.2) is 13.6 Å². The molecule has 3 N–H and O–H groups in total. The second-order valence-corrected chi connectivity index (χ2v) is 13.0. The zero-order valence-corrected chi connectivity index (χ0v) is 25.0. The second kappa shape index (κ2) is 12.1. The van der Waals surface area contributed by atoms with Crippen molar-refractivity contribution in [2.24, 2.45) is 11.1 Å². The Morgan fingerprint density at radius 2 is 1.61 bits per heavy atom. The van der Waals surface area contributed by atoms with Crippen molar-refractivity contribution in [3.63, 3.8) is 0 Å². The quantitative estimate of drug-likeness (QED) is 0.430. The number of nitrogens with one attached hydrogen (secondary N) is 1. The van der Waals surface area contributed by atoms with Crippen LogP contribution in [-0.2, 0) is 16.6 Å². The van der Waals surface area contributed by atoms with E-state index in [2.05, 4.69) is 59.0 Å². The molecule has 41 heavy (non-hydrogen) atoms. The summed E-state index contributed by atoms with van der Waals surface area (Å²) in [5.41, 5.74) is 7.48. The van der Waals surface area contributed by atoms with Crippen molar-refractivity contribution in [2.75, 3.05) is 54.4 Å². The Morgan fingerprint density at radius 1 is 0.927 bits per heavy atom. The number of nitrogens with zero attached hydrogens (tertiary/aromatic N) is 4. The van der Waals surface area contributed by atoms with Crippen LogP contribution in [0.25, 0.3) is 0 Å². The van der Waals surface area contributed by atoms with Crippen LogP contribution >= 0.6 is 0 Å². The highest BCUT2D eigenvalue weighted by molar-refractivity contribution is 7.89. The van der Waals surface area contributed by atoms with Gasteiger partial charge in [0.2, 0.25) is 10.0 Å². The summed E-state index contributed by atoms with van der Waals surface area (Å²) in [4.78, 5) is 7.09. The summed E-state index contributed by atoms with van der Waals surface area (Å²) in [6, 6.07) is 22.1. The van der Waals surface area contributed by atoms with Crippen LogP contribution in [0.1, 0.15) is 35.6 Å². The zero-order valence-electron chi connectivity index (χ0n) is 24.2. The fourth-order valence-corrected chi connectivity index (χ4v) is 6.95. The number of benzene rings is 3. The van der Waals surface area contributed by atoms with E-state index in [1.807, 2.05) is 36.4 Å². The van der Waals surface area contributed by atoms with Gasteiger partial charge < -0.3 is 15.1 Å². The molecule has 2 saturated heterocycles. The summed E-state index contributed by atoms with van der Waals surface area (Å²) < 4.78 is 24.2. The predicted octanol–water partition coefficient (Wildman–Crippen LogP) is 4.47. The van der Waals surface area contributed by atoms with Crippen LogP contribution < -0.4 is 20.3 Å². The number of nitrogens with two attached hydrogens (primary N) is 1. The molecular weight excluding hydrogens is 532 g/mol. The first-order chi connectivity index (χ1) is 19.6. The minimum absolute atomic E-state index is 0.188. The summed E-state index contributed by atoms with van der Waals surface area (Å²) in [6.07, 6.45) is 1.01. The third-order valence-electron chi connectivity index (χ3n) is 8.57. The molecule has 2 atom stereocenters. The Labute approximate surface area is 244 Å². The number of hydrogen-bond donors (Lipinski definition) is 2. The molecule has 8 nitrogen and oxygen atoms in total. The molecule has 0 radical (unpaired) electrons. The van der Waals surface area contributed by atoms with Crippen LogP contribution in [0, 0.1) is 31.1 Å². The SMILES string of the molecule is Cc1cc(C)c(N[C@@H]2CCN(c3ccccc3C#N)C[C@@H]2C)cc1CN1CCN(c2ccccc2S(N)(=O)=O)CC1. The first kappa shape index (κ1) is 28.9. The van der Waals surface area contributed by atoms with Gasteiger partial charge in [0.1, 0.15) is 11.0 Å². The van der Waals surface area contributed by atoms with Gasteiger partial charge in [0.05, 0.1) is 16.9 Å². The molecule has 2 heterocycles. The predicted molar refractivity (Wildman–Crippen MR) is 166 cm³/mol. The Bertz CT molecular complexity index is 1540. The van der Waals surface area contributed by atoms with Crippen molar-refractivity contribution >= 4 is 27.1 Å². The normalized spacial score (nSPS) is 20.1. The molecule has 3 aromatic rings. The first-order valence-electron chi connectivity index (χ1n) is 14.3. The van der Waals surface area contributed by atoms with Crippen LogP contribution in [0.3, 0.4) is 0 Å². The van der Waals surface area contributed by atoms with Gasteiger partial charge >= 0.3 is 0 Å². The monoisotopic (exact) mass is 572 g/mol. The van der Waals surface area contributed by atoms with Crippen molar-refractivity contribution in [3.8, 4) is 6.07 Å². The molecule has 216 valence electrons. The lowest BCUT2D eigenvalue weighted by molar-refractivity contribution is 0.249. The van der Waals surface area contributed by atoms with E-state index in [-0.39, 0.29) is 4.90 Å². The largest absolute Gasteiger partial charge is 0.382 e. The average molecular weight is 573 g/mol. The highest BCUT2D eigenvalue weighted by Gasteiger charge is 2.28. The molecule has 2 fully saturated rings. The number of rotatable bonds is 7. The number of para-hydroxylation sites is 2. The van der Waals surface area contributed by atoms with Crippen LogP contribution in [0.5, 0.6) is 0 Å². The maximum absolute atomic E-state index is 12.1. The van der Waals surface area contributed by atoms with Crippen molar-refractivity contribution in [2.45, 2.75) is 44.7 Å². The van der Waals surface area contributed by atoms with E-state index in [9.17, 15) is 13.7 Å². The Kier molecular flexibility index (Phi) is 8.55. The number of piperazine rings is 1. The Balaban J connectivity index is 1.22. The number of hydrogen-bond acceptors (Lipinski definition) is 7. The summed E-state index contributed by atoms with van der Waals surface area (Å²) in [6.45, 7) is 12.5. The molecule has 0 bridgehead atoms. The van der Waals surface area contributed by atoms with Gasteiger partial charge in [-0.05, 0) is 73.2 Å². The number of aryl methyl sites for hydroxylation is 2. The molecular formula is C32H40N6O2S. The maximum atomic E-state index is 12.1. The number of sulfonamides is 1. The van der Waals surface area contributed by atoms with E-state index in [0.29, 0.717) is 17.6 Å². The molecule has 0 unspecified atom stereocenters. The minimum Gasteiger partial charge on any atom is -0.382 e. The van der Waals surface area contributed by atoms with Gasteiger partial charge in [-0.1, -0.05) is 37.3 Å². The third-order valence-corrected chi connectivity index (χ3v) is 9.53. The second-order valence-electron chi connectivity index (χ2n) is 11.5. The summed E-state index contributed by atoms with van der Waals surface area (Å²) in [7, 11) is -3.77. The van der Waals surface area contributed by atoms with E-state index in [1.165, 1.54) is 22.4 Å². The topological polar surface area (TPSA) is 106 Å². The number of nitriles is 1. The lowest BCUT2D eigenvalue weighted by Crippen LogP contribution is -2.46. The third kappa shape index (κ3) is 6.51. The fraction of sp³-hybridized carbons (Fsp3) is 0.406. The standard InChI is InChI=1S/C32H40N6O2S/c1-23-18-24(2)29(35-28-12-13-38(21-25(28)3)30-9-5-4-8-26(30)20-33)19-27(23)22-36-14-16-37(17-15-36)31-10-6-7-11-32(31)41(34,39)40/h4-11,18-19,25,28,35H,12-17,21-22H2,1-3H3,(H2,34,39,40)/t25-,28+/m0/s1. The zero-order chi connectivity index (χ0) is 29.1. The van der Waals surface area contributed by atoms with Gasteiger partial charge in [0.25, 0.3) is 0 Å². The van der Waals surface area contributed by atoms with Gasteiger partial charge in [0, 0.05) is 57.5 Å². The molecule has 0 aromatic heterocycles. The highest BCUT2D eigenvalue weighted by atomic mass is 32.2. The molecule has 3 aromatic carbocycles. The molecule has 0 amide bonds. The average Bonchev–Trinajstić information content (AvgIpc) is 2.96. The van der Waals surface area contributed by atoms with Crippen molar-refractivity contribution in [1.82, 2.24) is 4.90 Å². The Hall–Kier alpha value is -3.58. The Morgan fingerprint density at radius 3 is 2.29 bits per heavy atom. The number of piperidine rings is 1. The smallest absolute Gasteiger partial charge is 0.240 e. The van der Waals surface area contributed by atoms with E-state index < -0.39 is 10.0 Å². The van der Waals surface area contributed by atoms with Gasteiger partial charge in [-0.3, -0.25) is 4.90 Å². The van der Waals surface area contributed by atoms with E-state index in [0.717, 1.165) is 63.5 Å². The summed E-state index contributed by atoms with van der Waals surface area (Å²) in [5.74, 6) is 0.424. The summed E-state index contributed by atoms with van der Waals surface area (Å²) in [5, 5.41) is 18.9. The maximum Gasteiger partial charge on any atom is 0.240 e.